The van der Waals surface area contributed by atoms with E-state index in [4.69, 9.17) is 0 Å². The van der Waals surface area contributed by atoms with Gasteiger partial charge >= 0.3 is 0 Å². The third-order valence-corrected chi connectivity index (χ3v) is 5.93. The summed E-state index contributed by atoms with van der Waals surface area (Å²) in [6.45, 7) is 1.77. The predicted octanol–water partition coefficient (Wildman–Crippen LogP) is 3.52. The number of carbonyl (C=O) groups excluding carboxylic acids is 1. The molecular formula is C17H20N2OS2. The number of benzene rings is 1. The number of thiophene rings is 1. The molecule has 0 spiro atoms. The van der Waals surface area contributed by atoms with Crippen LogP contribution in [0.15, 0.2) is 46.7 Å². The van der Waals surface area contributed by atoms with Crippen LogP contribution in [0, 0.1) is 0 Å². The standard InChI is InChI=1S/C17H20N2OS2/c20-17(19-11-13-5-3-9-18-13)15-7-1-2-8-16(15)22-12-14-6-4-10-21-14/h1-2,4,6-8,10,13,18H,3,5,9,11-12H2,(H,19,20). The van der Waals surface area contributed by atoms with Crippen molar-refractivity contribution in [3.63, 3.8) is 0 Å². The summed E-state index contributed by atoms with van der Waals surface area (Å²) in [4.78, 5) is 14.8. The number of thioether (sulfide) groups is 1. The zero-order valence-corrected chi connectivity index (χ0v) is 14.0. The van der Waals surface area contributed by atoms with Crippen LogP contribution in [0.5, 0.6) is 0 Å². The molecule has 0 saturated carbocycles. The van der Waals surface area contributed by atoms with Gasteiger partial charge in [0, 0.05) is 28.1 Å². The lowest BCUT2D eigenvalue weighted by molar-refractivity contribution is 0.0947. The van der Waals surface area contributed by atoms with Crippen LogP contribution in [-0.2, 0) is 5.75 Å². The maximum Gasteiger partial charge on any atom is 0.252 e. The van der Waals surface area contributed by atoms with Gasteiger partial charge in [-0.05, 0) is 43.0 Å². The van der Waals surface area contributed by atoms with Gasteiger partial charge in [0.1, 0.15) is 0 Å². The summed E-state index contributed by atoms with van der Waals surface area (Å²) in [5, 5.41) is 8.55. The molecule has 1 aliphatic heterocycles. The number of amides is 1. The zero-order chi connectivity index (χ0) is 15.2. The van der Waals surface area contributed by atoms with E-state index in [-0.39, 0.29) is 5.91 Å². The smallest absolute Gasteiger partial charge is 0.252 e. The van der Waals surface area contributed by atoms with Crippen molar-refractivity contribution in [3.05, 3.63) is 52.2 Å². The minimum absolute atomic E-state index is 0.0305. The fourth-order valence-electron chi connectivity index (χ4n) is 2.57. The molecule has 0 bridgehead atoms. The Morgan fingerprint density at radius 3 is 3.00 bits per heavy atom. The lowest BCUT2D eigenvalue weighted by Crippen LogP contribution is -2.37. The Hall–Kier alpha value is -1.30. The third kappa shape index (κ3) is 4.12. The van der Waals surface area contributed by atoms with Gasteiger partial charge in [0.15, 0.2) is 0 Å². The fourth-order valence-corrected chi connectivity index (χ4v) is 4.39. The maximum absolute atomic E-state index is 12.4. The first kappa shape index (κ1) is 15.6. The summed E-state index contributed by atoms with van der Waals surface area (Å²) in [6, 6.07) is 12.5. The Kier molecular flexibility index (Phi) is 5.53. The first-order chi connectivity index (χ1) is 10.8. The van der Waals surface area contributed by atoms with Crippen molar-refractivity contribution in [1.82, 2.24) is 10.6 Å². The molecule has 1 aromatic heterocycles. The summed E-state index contributed by atoms with van der Waals surface area (Å²) in [7, 11) is 0. The predicted molar refractivity (Wildman–Crippen MR) is 93.7 cm³/mol. The number of hydrogen-bond acceptors (Lipinski definition) is 4. The summed E-state index contributed by atoms with van der Waals surface area (Å²) in [6.07, 6.45) is 2.35. The summed E-state index contributed by atoms with van der Waals surface area (Å²) < 4.78 is 0. The van der Waals surface area contributed by atoms with E-state index >= 15 is 0 Å². The Morgan fingerprint density at radius 2 is 2.23 bits per heavy atom. The van der Waals surface area contributed by atoms with Crippen LogP contribution < -0.4 is 10.6 Å². The molecule has 3 rings (SSSR count). The molecule has 0 radical (unpaired) electrons. The van der Waals surface area contributed by atoms with E-state index < -0.39 is 0 Å². The Bertz CT molecular complexity index is 607. The highest BCUT2D eigenvalue weighted by Gasteiger charge is 2.16. The molecule has 2 N–H and O–H groups in total. The topological polar surface area (TPSA) is 41.1 Å². The normalized spacial score (nSPS) is 17.5. The second-order valence-corrected chi connectivity index (χ2v) is 7.42. The Balaban J connectivity index is 1.60. The van der Waals surface area contributed by atoms with E-state index in [0.717, 1.165) is 29.2 Å². The van der Waals surface area contributed by atoms with Crippen molar-refractivity contribution in [2.45, 2.75) is 29.5 Å². The van der Waals surface area contributed by atoms with Crippen LogP contribution in [0.1, 0.15) is 28.1 Å². The molecule has 1 aliphatic rings. The average Bonchev–Trinajstić information content (AvgIpc) is 3.24. The SMILES string of the molecule is O=C(NCC1CCCN1)c1ccccc1SCc1cccs1. The monoisotopic (exact) mass is 332 g/mol. The van der Waals surface area contributed by atoms with Crippen LogP contribution in [0.2, 0.25) is 0 Å². The second-order valence-electron chi connectivity index (χ2n) is 5.37. The molecule has 22 heavy (non-hydrogen) atoms. The highest BCUT2D eigenvalue weighted by Crippen LogP contribution is 2.27. The van der Waals surface area contributed by atoms with Gasteiger partial charge in [-0.1, -0.05) is 18.2 Å². The minimum atomic E-state index is 0.0305. The maximum atomic E-state index is 12.4. The first-order valence-electron chi connectivity index (χ1n) is 7.59. The Labute approximate surface area is 139 Å². The van der Waals surface area contributed by atoms with Gasteiger partial charge in [-0.2, -0.15) is 0 Å². The van der Waals surface area contributed by atoms with E-state index in [9.17, 15) is 4.79 Å². The highest BCUT2D eigenvalue weighted by molar-refractivity contribution is 7.98. The van der Waals surface area contributed by atoms with Gasteiger partial charge in [-0.25, -0.2) is 0 Å². The van der Waals surface area contributed by atoms with Crippen molar-refractivity contribution in [1.29, 1.82) is 0 Å². The van der Waals surface area contributed by atoms with Gasteiger partial charge in [0.2, 0.25) is 0 Å². The van der Waals surface area contributed by atoms with Crippen molar-refractivity contribution in [3.8, 4) is 0 Å². The molecule has 2 aromatic rings. The Morgan fingerprint density at radius 1 is 1.32 bits per heavy atom. The highest BCUT2D eigenvalue weighted by atomic mass is 32.2. The number of carbonyl (C=O) groups is 1. The molecule has 116 valence electrons. The van der Waals surface area contributed by atoms with Crippen LogP contribution in [-0.4, -0.2) is 25.0 Å². The quantitative estimate of drug-likeness (QED) is 0.795. The first-order valence-corrected chi connectivity index (χ1v) is 9.45. The fraction of sp³-hybridized carbons (Fsp3) is 0.353. The van der Waals surface area contributed by atoms with Crippen molar-refractivity contribution >= 4 is 29.0 Å². The van der Waals surface area contributed by atoms with Gasteiger partial charge < -0.3 is 10.6 Å². The molecule has 1 unspecified atom stereocenters. The third-order valence-electron chi connectivity index (χ3n) is 3.75. The van der Waals surface area contributed by atoms with Gasteiger partial charge in [-0.15, -0.1) is 23.1 Å². The largest absolute Gasteiger partial charge is 0.350 e. The molecule has 5 heteroatoms. The summed E-state index contributed by atoms with van der Waals surface area (Å²) in [5.74, 6) is 0.939. The number of rotatable bonds is 6. The van der Waals surface area contributed by atoms with E-state index in [0.29, 0.717) is 12.6 Å². The second kappa shape index (κ2) is 7.81. The van der Waals surface area contributed by atoms with Gasteiger partial charge in [0.25, 0.3) is 5.91 Å². The van der Waals surface area contributed by atoms with E-state index in [1.165, 1.54) is 11.3 Å². The molecular weight excluding hydrogens is 312 g/mol. The van der Waals surface area contributed by atoms with Gasteiger partial charge in [-0.3, -0.25) is 4.79 Å². The lowest BCUT2D eigenvalue weighted by Gasteiger charge is -2.13. The lowest BCUT2D eigenvalue weighted by atomic mass is 10.2. The van der Waals surface area contributed by atoms with Crippen molar-refractivity contribution < 1.29 is 4.79 Å². The molecule has 2 heterocycles. The van der Waals surface area contributed by atoms with Crippen LogP contribution >= 0.6 is 23.1 Å². The summed E-state index contributed by atoms with van der Waals surface area (Å²) in [5.41, 5.74) is 0.780. The minimum Gasteiger partial charge on any atom is -0.350 e. The molecule has 0 aliphatic carbocycles. The zero-order valence-electron chi connectivity index (χ0n) is 12.4. The van der Waals surface area contributed by atoms with Crippen LogP contribution in [0.25, 0.3) is 0 Å². The number of nitrogens with one attached hydrogen (secondary N) is 2. The van der Waals surface area contributed by atoms with Gasteiger partial charge in [0.05, 0.1) is 5.56 Å². The van der Waals surface area contributed by atoms with Crippen molar-refractivity contribution in [2.75, 3.05) is 13.1 Å². The van der Waals surface area contributed by atoms with Crippen LogP contribution in [0.3, 0.4) is 0 Å². The number of hydrogen-bond donors (Lipinski definition) is 2. The average molecular weight is 332 g/mol. The molecule has 3 nitrogen and oxygen atoms in total. The summed E-state index contributed by atoms with van der Waals surface area (Å²) >= 11 is 3.48. The molecule has 1 aromatic carbocycles. The van der Waals surface area contributed by atoms with Crippen LogP contribution in [0.4, 0.5) is 0 Å². The molecule has 1 saturated heterocycles. The van der Waals surface area contributed by atoms with E-state index in [2.05, 4.69) is 28.1 Å². The van der Waals surface area contributed by atoms with E-state index in [1.807, 2.05) is 24.3 Å². The molecule has 1 atom stereocenters. The van der Waals surface area contributed by atoms with Crippen molar-refractivity contribution in [2.24, 2.45) is 0 Å². The molecule has 1 amide bonds. The van der Waals surface area contributed by atoms with E-state index in [1.54, 1.807) is 23.1 Å². The molecule has 1 fully saturated rings.